The standard InChI is InChI=1S/C17H18N2O5S.C17H18N2O4S.C2H6.CH4/c20-17(21)12-10-14(18-25(22)23)16(24-13-6-2-1-3-7-13)15(11-12)19-8-4-5-9-19;20-12-13-10-15(18-24(21)22)17(23-14-6-2-1-3-7-14)16(11-13)19-8-4-5-9-19;1-2;/h1-3,6-7,10-11,18H,4-5,8-9H2,(H,20,21)(H,22,23);1-3,6-7,10-12,18H,4-5,8-9H2,(H,21,22);1-2H3;1H4/p-2. The van der Waals surface area contributed by atoms with E-state index in [1.165, 1.54) is 18.2 Å². The minimum atomic E-state index is -2.61. The summed E-state index contributed by atoms with van der Waals surface area (Å²) in [6.07, 6.45) is 4.76. The van der Waals surface area contributed by atoms with Crippen LogP contribution in [0.1, 0.15) is 67.7 Å². The topological polar surface area (TPSA) is 184 Å². The molecule has 2 aliphatic rings. The van der Waals surface area contributed by atoms with E-state index in [1.807, 2.05) is 43.0 Å². The summed E-state index contributed by atoms with van der Waals surface area (Å²) in [4.78, 5) is 26.8. The molecule has 2 fully saturated rings. The van der Waals surface area contributed by atoms with Gasteiger partial charge in [0.1, 0.15) is 17.8 Å². The Hall–Kier alpha value is -4.96. The molecule has 2 atom stereocenters. The number of hydrogen-bond acceptors (Lipinski definition) is 10. The molecule has 13 nitrogen and oxygen atoms in total. The fourth-order valence-corrected chi connectivity index (χ4v) is 6.25. The van der Waals surface area contributed by atoms with E-state index in [-0.39, 0.29) is 24.4 Å². The first kappa shape index (κ1) is 41.5. The highest BCUT2D eigenvalue weighted by Crippen LogP contribution is 2.43. The van der Waals surface area contributed by atoms with Gasteiger partial charge >= 0.3 is 5.97 Å². The maximum atomic E-state index is 11.4. The molecular formula is C37H44N4O9S2-2. The van der Waals surface area contributed by atoms with Crippen molar-refractivity contribution in [2.45, 2.75) is 47.0 Å². The Balaban J connectivity index is 0.000000263. The third-order valence-corrected chi connectivity index (χ3v) is 8.52. The molecule has 2 unspecified atom stereocenters. The molecule has 0 spiro atoms. The number of aldehydes is 1. The van der Waals surface area contributed by atoms with Crippen LogP contribution in [0, 0.1) is 0 Å². The molecule has 0 bridgehead atoms. The molecule has 3 N–H and O–H groups in total. The Morgan fingerprint density at radius 3 is 1.50 bits per heavy atom. The number of aromatic carboxylic acids is 1. The molecule has 0 radical (unpaired) electrons. The fraction of sp³-hybridized carbons (Fsp3) is 0.297. The highest BCUT2D eigenvalue weighted by atomic mass is 32.2. The number of carbonyl (C=O) groups is 2. The van der Waals surface area contributed by atoms with Gasteiger partial charge in [-0.3, -0.25) is 13.2 Å². The second-order valence-corrected chi connectivity index (χ2v) is 12.5. The van der Waals surface area contributed by atoms with Crippen LogP contribution in [0.2, 0.25) is 0 Å². The first-order valence-electron chi connectivity index (χ1n) is 16.4. The van der Waals surface area contributed by atoms with E-state index >= 15 is 0 Å². The van der Waals surface area contributed by atoms with E-state index in [0.717, 1.165) is 51.9 Å². The maximum Gasteiger partial charge on any atom is 0.335 e. The number of anilines is 4. The number of carboxylic acid groups (broad SMARTS) is 1. The van der Waals surface area contributed by atoms with Gasteiger partial charge < -0.3 is 42.9 Å². The van der Waals surface area contributed by atoms with Gasteiger partial charge in [-0.25, -0.2) is 4.79 Å². The molecule has 6 rings (SSSR count). The lowest BCUT2D eigenvalue weighted by molar-refractivity contribution is 0.0696. The summed E-state index contributed by atoms with van der Waals surface area (Å²) < 4.78 is 61.1. The van der Waals surface area contributed by atoms with Gasteiger partial charge in [0.25, 0.3) is 0 Å². The van der Waals surface area contributed by atoms with Gasteiger partial charge in [0.15, 0.2) is 11.5 Å². The molecule has 0 aliphatic carbocycles. The molecule has 4 aromatic rings. The van der Waals surface area contributed by atoms with Gasteiger partial charge in [0.05, 0.1) is 28.3 Å². The van der Waals surface area contributed by atoms with E-state index in [2.05, 4.69) is 14.3 Å². The number of nitrogens with zero attached hydrogens (tertiary/aromatic N) is 2. The number of rotatable bonds is 12. The molecule has 0 aromatic heterocycles. The van der Waals surface area contributed by atoms with Crippen molar-refractivity contribution in [1.82, 2.24) is 0 Å². The average molecular weight is 753 g/mol. The van der Waals surface area contributed by atoms with Crippen LogP contribution in [0.5, 0.6) is 23.0 Å². The van der Waals surface area contributed by atoms with Gasteiger partial charge in [-0.1, -0.05) is 57.7 Å². The minimum absolute atomic E-state index is 0. The van der Waals surface area contributed by atoms with Gasteiger partial charge in [0.2, 0.25) is 0 Å². The summed E-state index contributed by atoms with van der Waals surface area (Å²) in [6, 6.07) is 24.0. The van der Waals surface area contributed by atoms with Crippen molar-refractivity contribution < 1.29 is 41.7 Å². The van der Waals surface area contributed by atoms with Crippen LogP contribution >= 0.6 is 0 Å². The number of benzene rings is 4. The van der Waals surface area contributed by atoms with Gasteiger partial charge in [-0.05, 0) is 74.2 Å². The Labute approximate surface area is 309 Å². The van der Waals surface area contributed by atoms with Crippen molar-refractivity contribution in [1.29, 1.82) is 0 Å². The van der Waals surface area contributed by atoms with Crippen molar-refractivity contribution in [3.05, 3.63) is 96.1 Å². The molecular weight excluding hydrogens is 709 g/mol. The molecule has 2 heterocycles. The SMILES string of the molecule is C.CC.O=C(O)c1cc(NS(=O)[O-])c(Oc2ccccc2)c(N2CCCC2)c1.O=Cc1cc(NS(=O)[O-])c(Oc2ccccc2)c(N2CCCC2)c1. The predicted octanol–water partition coefficient (Wildman–Crippen LogP) is 7.74. The summed E-state index contributed by atoms with van der Waals surface area (Å²) in [7, 11) is 0. The number of carbonyl (C=O) groups excluding carboxylic acids is 1. The average Bonchev–Trinajstić information content (AvgIpc) is 3.87. The number of carboxylic acids is 1. The summed E-state index contributed by atoms with van der Waals surface area (Å²) in [6.45, 7) is 7.20. The lowest BCUT2D eigenvalue weighted by Crippen LogP contribution is -2.20. The van der Waals surface area contributed by atoms with Crippen molar-refractivity contribution in [2.75, 3.05) is 45.4 Å². The largest absolute Gasteiger partial charge is 0.755 e. The minimum Gasteiger partial charge on any atom is -0.755 e. The van der Waals surface area contributed by atoms with Crippen LogP contribution in [0.4, 0.5) is 22.7 Å². The number of nitrogens with one attached hydrogen (secondary N) is 2. The van der Waals surface area contributed by atoms with Crippen LogP contribution in [0.25, 0.3) is 0 Å². The third kappa shape index (κ3) is 11.5. The molecule has 0 saturated carbocycles. The Morgan fingerprint density at radius 1 is 0.712 bits per heavy atom. The fourth-order valence-electron chi connectivity index (χ4n) is 5.58. The zero-order chi connectivity index (χ0) is 36.8. The van der Waals surface area contributed by atoms with E-state index in [9.17, 15) is 32.2 Å². The highest BCUT2D eigenvalue weighted by Gasteiger charge is 2.24. The molecule has 15 heteroatoms. The Kier molecular flexibility index (Phi) is 16.6. The molecule has 4 aromatic carbocycles. The van der Waals surface area contributed by atoms with E-state index in [0.29, 0.717) is 46.2 Å². The highest BCUT2D eigenvalue weighted by molar-refractivity contribution is 7.80. The predicted molar refractivity (Wildman–Crippen MR) is 204 cm³/mol. The molecule has 0 amide bonds. The van der Waals surface area contributed by atoms with Gasteiger partial charge in [-0.2, -0.15) is 0 Å². The zero-order valence-electron chi connectivity index (χ0n) is 28.2. The van der Waals surface area contributed by atoms with E-state index < -0.39 is 28.5 Å². The first-order chi connectivity index (χ1) is 24.7. The Bertz CT molecular complexity index is 1800. The monoisotopic (exact) mass is 752 g/mol. The lowest BCUT2D eigenvalue weighted by atomic mass is 10.1. The van der Waals surface area contributed by atoms with Crippen LogP contribution in [0.3, 0.4) is 0 Å². The second-order valence-electron chi connectivity index (χ2n) is 11.1. The molecule has 2 aliphatic heterocycles. The summed E-state index contributed by atoms with van der Waals surface area (Å²) in [5, 5.41) is 9.35. The normalized spacial score (nSPS) is 14.3. The maximum absolute atomic E-state index is 11.4. The smallest absolute Gasteiger partial charge is 0.335 e. The Morgan fingerprint density at radius 2 is 1.12 bits per heavy atom. The van der Waals surface area contributed by atoms with Gasteiger partial charge in [0, 0.05) is 54.3 Å². The van der Waals surface area contributed by atoms with E-state index in [4.69, 9.17) is 9.47 Å². The van der Waals surface area contributed by atoms with Crippen molar-refractivity contribution in [2.24, 2.45) is 0 Å². The number of ether oxygens (including phenoxy) is 2. The van der Waals surface area contributed by atoms with Crippen molar-refractivity contribution in [3.63, 3.8) is 0 Å². The van der Waals surface area contributed by atoms with Gasteiger partial charge in [-0.15, -0.1) is 0 Å². The van der Waals surface area contributed by atoms with Crippen molar-refractivity contribution in [3.8, 4) is 23.0 Å². The van der Waals surface area contributed by atoms with Crippen LogP contribution < -0.4 is 28.7 Å². The number of para-hydroxylation sites is 2. The molecule has 52 heavy (non-hydrogen) atoms. The summed E-state index contributed by atoms with van der Waals surface area (Å²) >= 11 is -5.13. The third-order valence-electron chi connectivity index (χ3n) is 7.75. The van der Waals surface area contributed by atoms with Crippen LogP contribution in [-0.2, 0) is 22.5 Å². The first-order valence-corrected chi connectivity index (χ1v) is 18.6. The second kappa shape index (κ2) is 20.8. The van der Waals surface area contributed by atoms with Crippen LogP contribution in [-0.4, -0.2) is 61.1 Å². The van der Waals surface area contributed by atoms with Crippen LogP contribution in [0.15, 0.2) is 84.9 Å². The molecule has 280 valence electrons. The number of hydrogen-bond donors (Lipinski definition) is 3. The lowest BCUT2D eigenvalue weighted by Gasteiger charge is -2.24. The quantitative estimate of drug-likeness (QED) is 0.0950. The molecule has 2 saturated heterocycles. The zero-order valence-corrected chi connectivity index (χ0v) is 29.9. The summed E-state index contributed by atoms with van der Waals surface area (Å²) in [5.41, 5.74) is 2.02. The summed E-state index contributed by atoms with van der Waals surface area (Å²) in [5.74, 6) is 0.689. The van der Waals surface area contributed by atoms with Crippen molar-refractivity contribution >= 4 is 57.5 Å². The van der Waals surface area contributed by atoms with E-state index in [1.54, 1.807) is 42.5 Å².